The second kappa shape index (κ2) is 4.69. The van der Waals surface area contributed by atoms with Crippen LogP contribution >= 0.6 is 0 Å². The molecule has 94 valence electrons. The molecule has 0 bridgehead atoms. The Labute approximate surface area is 104 Å². The number of nitrogens with zero attached hydrogens (tertiary/aromatic N) is 1. The predicted octanol–water partition coefficient (Wildman–Crippen LogP) is 2.77. The van der Waals surface area contributed by atoms with Crippen LogP contribution in [0.4, 0.5) is 5.69 Å². The minimum absolute atomic E-state index is 0.563. The van der Waals surface area contributed by atoms with E-state index in [9.17, 15) is 5.11 Å². The fourth-order valence-corrected chi connectivity index (χ4v) is 2.44. The van der Waals surface area contributed by atoms with Gasteiger partial charge < -0.3 is 10.0 Å². The van der Waals surface area contributed by atoms with Gasteiger partial charge in [-0.05, 0) is 56.7 Å². The monoisotopic (exact) mass is 233 g/mol. The Balaban J connectivity index is 2.11. The molecule has 1 aliphatic rings. The number of benzene rings is 1. The van der Waals surface area contributed by atoms with Crippen LogP contribution in [0, 0.1) is 0 Å². The van der Waals surface area contributed by atoms with Gasteiger partial charge in [0.15, 0.2) is 0 Å². The molecular formula is C15H23NO. The van der Waals surface area contributed by atoms with Gasteiger partial charge in [-0.25, -0.2) is 0 Å². The largest absolute Gasteiger partial charge is 0.390 e. The third kappa shape index (κ3) is 3.22. The lowest BCUT2D eigenvalue weighted by molar-refractivity contribution is 0.0714. The van der Waals surface area contributed by atoms with E-state index in [1.165, 1.54) is 29.7 Å². The molecule has 0 aromatic heterocycles. The van der Waals surface area contributed by atoms with E-state index in [0.717, 1.165) is 19.4 Å². The Kier molecular flexibility index (Phi) is 3.43. The maximum absolute atomic E-state index is 9.75. The summed E-state index contributed by atoms with van der Waals surface area (Å²) in [5, 5.41) is 9.75. The lowest BCUT2D eigenvalue weighted by Crippen LogP contribution is -2.24. The van der Waals surface area contributed by atoms with Gasteiger partial charge in [0, 0.05) is 19.3 Å². The van der Waals surface area contributed by atoms with Crippen molar-refractivity contribution in [3.63, 3.8) is 0 Å². The number of aliphatic hydroxyl groups is 1. The van der Waals surface area contributed by atoms with E-state index in [0.29, 0.717) is 0 Å². The van der Waals surface area contributed by atoms with Crippen LogP contribution < -0.4 is 4.90 Å². The van der Waals surface area contributed by atoms with Crippen LogP contribution in [-0.4, -0.2) is 24.3 Å². The van der Waals surface area contributed by atoms with Gasteiger partial charge in [0.1, 0.15) is 0 Å². The summed E-state index contributed by atoms with van der Waals surface area (Å²) in [6.45, 7) is 4.91. The molecule has 0 spiro atoms. The van der Waals surface area contributed by atoms with E-state index in [1.807, 2.05) is 13.8 Å². The van der Waals surface area contributed by atoms with Crippen LogP contribution in [0.1, 0.15) is 37.8 Å². The van der Waals surface area contributed by atoms with E-state index < -0.39 is 5.60 Å². The topological polar surface area (TPSA) is 23.5 Å². The van der Waals surface area contributed by atoms with Gasteiger partial charge >= 0.3 is 0 Å². The van der Waals surface area contributed by atoms with Gasteiger partial charge in [0.2, 0.25) is 0 Å². The fourth-order valence-electron chi connectivity index (χ4n) is 2.44. The van der Waals surface area contributed by atoms with E-state index >= 15 is 0 Å². The number of rotatable bonds is 3. The molecule has 0 radical (unpaired) electrons. The van der Waals surface area contributed by atoms with Gasteiger partial charge in [0.25, 0.3) is 0 Å². The molecule has 1 N–H and O–H groups in total. The zero-order valence-electron chi connectivity index (χ0n) is 11.2. The van der Waals surface area contributed by atoms with Crippen LogP contribution in [-0.2, 0) is 12.8 Å². The Morgan fingerprint density at radius 3 is 2.82 bits per heavy atom. The van der Waals surface area contributed by atoms with E-state index in [-0.39, 0.29) is 0 Å². The summed E-state index contributed by atoms with van der Waals surface area (Å²) in [5.41, 5.74) is 3.63. The number of aryl methyl sites for hydroxylation is 2. The van der Waals surface area contributed by atoms with Crippen molar-refractivity contribution in [2.24, 2.45) is 0 Å². The number of anilines is 1. The van der Waals surface area contributed by atoms with E-state index in [1.54, 1.807) is 0 Å². The Hall–Kier alpha value is -1.02. The van der Waals surface area contributed by atoms with Crippen molar-refractivity contribution in [2.75, 3.05) is 18.5 Å². The maximum Gasteiger partial charge on any atom is 0.0594 e. The van der Waals surface area contributed by atoms with Crippen molar-refractivity contribution in [1.82, 2.24) is 0 Å². The molecule has 1 aromatic rings. The predicted molar refractivity (Wildman–Crippen MR) is 72.7 cm³/mol. The quantitative estimate of drug-likeness (QED) is 0.867. The van der Waals surface area contributed by atoms with Gasteiger partial charge in [-0.3, -0.25) is 0 Å². The standard InChI is InChI=1S/C15H23NO/c1-15(2,17)9-8-12-6-7-14-13(11-12)5-4-10-16(14)3/h6-7,11,17H,4-5,8-10H2,1-3H3. The second-order valence-corrected chi connectivity index (χ2v) is 5.80. The Morgan fingerprint density at radius 2 is 2.12 bits per heavy atom. The summed E-state index contributed by atoms with van der Waals surface area (Å²) < 4.78 is 0. The van der Waals surface area contributed by atoms with Gasteiger partial charge in [-0.1, -0.05) is 12.1 Å². The number of fused-ring (bicyclic) bond motifs is 1. The zero-order valence-corrected chi connectivity index (χ0v) is 11.2. The normalized spacial score (nSPS) is 15.9. The summed E-state index contributed by atoms with van der Waals surface area (Å²) in [6, 6.07) is 6.75. The molecule has 1 aromatic carbocycles. The average molecular weight is 233 g/mol. The lowest BCUT2D eigenvalue weighted by Gasteiger charge is -2.28. The van der Waals surface area contributed by atoms with Crippen LogP contribution in [0.15, 0.2) is 18.2 Å². The van der Waals surface area contributed by atoms with Crippen molar-refractivity contribution >= 4 is 5.69 Å². The fraction of sp³-hybridized carbons (Fsp3) is 0.600. The molecule has 1 heterocycles. The van der Waals surface area contributed by atoms with E-state index in [4.69, 9.17) is 0 Å². The molecule has 0 saturated carbocycles. The summed E-state index contributed by atoms with van der Waals surface area (Å²) in [6.07, 6.45) is 4.22. The summed E-state index contributed by atoms with van der Waals surface area (Å²) >= 11 is 0. The van der Waals surface area contributed by atoms with Crippen molar-refractivity contribution < 1.29 is 5.11 Å². The SMILES string of the molecule is CN1CCCc2cc(CCC(C)(C)O)ccc21. The number of hydrogen-bond acceptors (Lipinski definition) is 2. The first-order chi connectivity index (χ1) is 7.96. The Morgan fingerprint density at radius 1 is 1.35 bits per heavy atom. The van der Waals surface area contributed by atoms with Crippen LogP contribution in [0.3, 0.4) is 0 Å². The van der Waals surface area contributed by atoms with Crippen molar-refractivity contribution in [1.29, 1.82) is 0 Å². The van der Waals surface area contributed by atoms with Gasteiger partial charge in [0.05, 0.1) is 5.60 Å². The zero-order chi connectivity index (χ0) is 12.5. The van der Waals surface area contributed by atoms with Crippen LogP contribution in [0.25, 0.3) is 0 Å². The van der Waals surface area contributed by atoms with Gasteiger partial charge in [-0.2, -0.15) is 0 Å². The highest BCUT2D eigenvalue weighted by Crippen LogP contribution is 2.27. The summed E-state index contributed by atoms with van der Waals surface area (Å²) in [7, 11) is 2.16. The highest BCUT2D eigenvalue weighted by atomic mass is 16.3. The molecule has 2 heteroatoms. The molecule has 0 amide bonds. The molecule has 1 aliphatic heterocycles. The highest BCUT2D eigenvalue weighted by Gasteiger charge is 2.15. The Bertz CT molecular complexity index is 392. The minimum atomic E-state index is -0.563. The minimum Gasteiger partial charge on any atom is -0.390 e. The van der Waals surface area contributed by atoms with Crippen molar-refractivity contribution in [3.05, 3.63) is 29.3 Å². The molecule has 0 fully saturated rings. The van der Waals surface area contributed by atoms with Crippen LogP contribution in [0.5, 0.6) is 0 Å². The first-order valence-electron chi connectivity index (χ1n) is 6.51. The lowest BCUT2D eigenvalue weighted by atomic mass is 9.95. The first kappa shape index (κ1) is 12.4. The van der Waals surface area contributed by atoms with Crippen LogP contribution in [0.2, 0.25) is 0 Å². The van der Waals surface area contributed by atoms with Crippen molar-refractivity contribution in [3.8, 4) is 0 Å². The molecule has 0 unspecified atom stereocenters. The molecule has 17 heavy (non-hydrogen) atoms. The molecular weight excluding hydrogens is 210 g/mol. The van der Waals surface area contributed by atoms with Crippen molar-refractivity contribution in [2.45, 2.75) is 45.1 Å². The smallest absolute Gasteiger partial charge is 0.0594 e. The van der Waals surface area contributed by atoms with E-state index in [2.05, 4.69) is 30.1 Å². The molecule has 0 aliphatic carbocycles. The average Bonchev–Trinajstić information content (AvgIpc) is 2.26. The third-order valence-electron chi connectivity index (χ3n) is 3.52. The third-order valence-corrected chi connectivity index (χ3v) is 3.52. The molecule has 0 saturated heterocycles. The van der Waals surface area contributed by atoms with Gasteiger partial charge in [-0.15, -0.1) is 0 Å². The number of hydrogen-bond donors (Lipinski definition) is 1. The molecule has 2 rings (SSSR count). The first-order valence-corrected chi connectivity index (χ1v) is 6.51. The maximum atomic E-state index is 9.75. The molecule has 2 nitrogen and oxygen atoms in total. The summed E-state index contributed by atoms with van der Waals surface area (Å²) in [5.74, 6) is 0. The highest BCUT2D eigenvalue weighted by molar-refractivity contribution is 5.56. The molecule has 0 atom stereocenters. The second-order valence-electron chi connectivity index (χ2n) is 5.80. The summed E-state index contributed by atoms with van der Waals surface area (Å²) in [4.78, 5) is 2.33.